The zero-order chi connectivity index (χ0) is 17.3. The van der Waals surface area contributed by atoms with Crippen LogP contribution in [0.4, 0.5) is 0 Å². The number of carbonyl (C=O) groups excluding carboxylic acids is 1. The third-order valence-corrected chi connectivity index (χ3v) is 4.31. The Morgan fingerprint density at radius 3 is 2.67 bits per heavy atom. The van der Waals surface area contributed by atoms with Gasteiger partial charge < -0.3 is 9.47 Å². The monoisotopic (exact) mass is 351 g/mol. The quantitative estimate of drug-likeness (QED) is 0.179. The first-order chi connectivity index (χ1) is 11.7. The first-order valence-corrected chi connectivity index (χ1v) is 8.60. The number of Topliss-reactive ketones (excluding diaryl/α,β-unsaturated/α-hetero) is 1. The van der Waals surface area contributed by atoms with Gasteiger partial charge in [0.1, 0.15) is 11.4 Å². The summed E-state index contributed by atoms with van der Waals surface area (Å²) in [5.74, 6) is 0.885. The molecular weight excluding hydrogens is 330 g/mol. The summed E-state index contributed by atoms with van der Waals surface area (Å²) in [6.07, 6.45) is 5.03. The number of hydrogen-bond donors (Lipinski definition) is 0. The topological polar surface area (TPSA) is 87.6 Å². The van der Waals surface area contributed by atoms with Gasteiger partial charge >= 0.3 is 0 Å². The first-order valence-electron chi connectivity index (χ1n) is 8.23. The highest BCUT2D eigenvalue weighted by molar-refractivity contribution is 6.30. The van der Waals surface area contributed by atoms with Crippen molar-refractivity contribution in [2.45, 2.75) is 44.1 Å². The molecule has 0 N–H and O–H groups in total. The number of unbranched alkanes of at least 4 members (excludes halogenated alkanes) is 3. The van der Waals surface area contributed by atoms with Crippen molar-refractivity contribution in [2.75, 3.05) is 19.8 Å². The van der Waals surface area contributed by atoms with Crippen LogP contribution in [0.1, 0.15) is 38.5 Å². The van der Waals surface area contributed by atoms with Gasteiger partial charge in [-0.25, -0.2) is 0 Å². The Labute approximate surface area is 146 Å². The highest BCUT2D eigenvalue weighted by atomic mass is 35.5. The Morgan fingerprint density at radius 1 is 1.29 bits per heavy atom. The summed E-state index contributed by atoms with van der Waals surface area (Å²) in [4.78, 5) is 14.7. The number of carbonyl (C=O) groups is 1. The molecule has 24 heavy (non-hydrogen) atoms. The van der Waals surface area contributed by atoms with E-state index in [1.807, 2.05) is 24.3 Å². The molecule has 130 valence electrons. The Hall–Kier alpha value is -1.75. The maximum atomic E-state index is 12.0. The second-order valence-corrected chi connectivity index (χ2v) is 6.31. The SMILES string of the molecule is [N-]=[N+]=NCCC(=O)[C@]1(CCCCCCOc2ccc(Cl)cc2)CO1. The molecule has 0 saturated carbocycles. The van der Waals surface area contributed by atoms with E-state index in [1.54, 1.807) is 0 Å². The van der Waals surface area contributed by atoms with E-state index in [9.17, 15) is 4.79 Å². The molecule has 0 aromatic heterocycles. The standard InChI is InChI=1S/C17H22ClN3O3/c18-14-5-7-15(8-6-14)23-12-4-2-1-3-10-17(13-24-17)16(22)9-11-20-21-19/h5-8H,1-4,9-13H2/t17-/m0/s1. The zero-order valence-electron chi connectivity index (χ0n) is 13.6. The fraction of sp³-hybridized carbons (Fsp3) is 0.588. The molecule has 6 nitrogen and oxygen atoms in total. The van der Waals surface area contributed by atoms with Crippen LogP contribution in [0.2, 0.25) is 5.02 Å². The highest BCUT2D eigenvalue weighted by Crippen LogP contribution is 2.35. The number of ketones is 1. The summed E-state index contributed by atoms with van der Waals surface area (Å²) in [7, 11) is 0. The smallest absolute Gasteiger partial charge is 0.167 e. The minimum atomic E-state index is -0.592. The lowest BCUT2D eigenvalue weighted by Crippen LogP contribution is -2.25. The van der Waals surface area contributed by atoms with Crippen LogP contribution in [-0.4, -0.2) is 31.1 Å². The van der Waals surface area contributed by atoms with Crippen LogP contribution in [0.25, 0.3) is 10.4 Å². The summed E-state index contributed by atoms with van der Waals surface area (Å²) in [6.45, 7) is 1.39. The van der Waals surface area contributed by atoms with Crippen LogP contribution < -0.4 is 4.74 Å². The van der Waals surface area contributed by atoms with Gasteiger partial charge in [-0.2, -0.15) is 0 Å². The van der Waals surface area contributed by atoms with Crippen LogP contribution in [0, 0.1) is 0 Å². The maximum absolute atomic E-state index is 12.0. The summed E-state index contributed by atoms with van der Waals surface area (Å²) in [5, 5.41) is 4.10. The molecule has 0 amide bonds. The van der Waals surface area contributed by atoms with Gasteiger partial charge in [-0.3, -0.25) is 4.79 Å². The minimum absolute atomic E-state index is 0.0565. The molecule has 1 aromatic carbocycles. The van der Waals surface area contributed by atoms with Gasteiger partial charge in [-0.15, -0.1) is 0 Å². The van der Waals surface area contributed by atoms with E-state index in [1.165, 1.54) is 0 Å². The molecule has 0 aliphatic carbocycles. The van der Waals surface area contributed by atoms with Gasteiger partial charge in [-0.1, -0.05) is 36.0 Å². The van der Waals surface area contributed by atoms with Crippen molar-refractivity contribution in [2.24, 2.45) is 5.11 Å². The number of nitrogens with zero attached hydrogens (tertiary/aromatic N) is 3. The lowest BCUT2D eigenvalue weighted by molar-refractivity contribution is -0.124. The lowest BCUT2D eigenvalue weighted by atomic mass is 9.95. The summed E-state index contributed by atoms with van der Waals surface area (Å²) >= 11 is 5.82. The summed E-state index contributed by atoms with van der Waals surface area (Å²) < 4.78 is 11.0. The largest absolute Gasteiger partial charge is 0.494 e. The molecular formula is C17H22ClN3O3. The third kappa shape index (κ3) is 6.04. The first kappa shape index (κ1) is 18.6. The fourth-order valence-electron chi connectivity index (χ4n) is 2.54. The number of benzene rings is 1. The molecule has 1 fully saturated rings. The van der Waals surface area contributed by atoms with E-state index < -0.39 is 5.60 Å². The van der Waals surface area contributed by atoms with E-state index in [-0.39, 0.29) is 18.7 Å². The van der Waals surface area contributed by atoms with Gasteiger partial charge in [-0.05, 0) is 42.6 Å². The maximum Gasteiger partial charge on any atom is 0.167 e. The predicted octanol–water partition coefficient (Wildman–Crippen LogP) is 4.71. The number of azide groups is 1. The van der Waals surface area contributed by atoms with Crippen LogP contribution in [0.5, 0.6) is 5.75 Å². The van der Waals surface area contributed by atoms with Crippen molar-refractivity contribution >= 4 is 17.4 Å². The molecule has 1 atom stereocenters. The van der Waals surface area contributed by atoms with E-state index in [0.717, 1.165) is 37.9 Å². The van der Waals surface area contributed by atoms with Crippen molar-refractivity contribution in [1.82, 2.24) is 0 Å². The Morgan fingerprint density at radius 2 is 2.00 bits per heavy atom. The highest BCUT2D eigenvalue weighted by Gasteiger charge is 2.50. The number of ether oxygens (including phenoxy) is 2. The number of rotatable bonds is 12. The number of epoxide rings is 1. The molecule has 0 unspecified atom stereocenters. The van der Waals surface area contributed by atoms with E-state index >= 15 is 0 Å². The normalized spacial score (nSPS) is 18.7. The average Bonchev–Trinajstić information content (AvgIpc) is 3.37. The molecule has 1 aromatic rings. The predicted molar refractivity (Wildman–Crippen MR) is 92.4 cm³/mol. The fourth-order valence-corrected chi connectivity index (χ4v) is 2.67. The van der Waals surface area contributed by atoms with Gasteiger partial charge in [0.25, 0.3) is 0 Å². The van der Waals surface area contributed by atoms with Gasteiger partial charge in [0.15, 0.2) is 5.78 Å². The molecule has 1 saturated heterocycles. The van der Waals surface area contributed by atoms with Crippen molar-refractivity contribution in [3.05, 3.63) is 39.7 Å². The van der Waals surface area contributed by atoms with Crippen molar-refractivity contribution in [1.29, 1.82) is 0 Å². The van der Waals surface area contributed by atoms with Gasteiger partial charge in [0.2, 0.25) is 0 Å². The molecule has 0 spiro atoms. The molecule has 7 heteroatoms. The molecule has 0 radical (unpaired) electrons. The average molecular weight is 352 g/mol. The van der Waals surface area contributed by atoms with Gasteiger partial charge in [0.05, 0.1) is 13.2 Å². The van der Waals surface area contributed by atoms with Crippen molar-refractivity contribution in [3.63, 3.8) is 0 Å². The summed E-state index contributed by atoms with van der Waals surface area (Å²) in [6, 6.07) is 7.34. The zero-order valence-corrected chi connectivity index (χ0v) is 14.4. The number of halogens is 1. The summed E-state index contributed by atoms with van der Waals surface area (Å²) in [5.41, 5.74) is 7.63. The van der Waals surface area contributed by atoms with Crippen LogP contribution in [0.3, 0.4) is 0 Å². The number of hydrogen-bond acceptors (Lipinski definition) is 4. The molecule has 2 rings (SSSR count). The van der Waals surface area contributed by atoms with Crippen LogP contribution >= 0.6 is 11.6 Å². The van der Waals surface area contributed by atoms with E-state index in [4.69, 9.17) is 26.6 Å². The minimum Gasteiger partial charge on any atom is -0.494 e. The molecule has 1 aliphatic heterocycles. The van der Waals surface area contributed by atoms with Crippen molar-refractivity contribution in [3.8, 4) is 5.75 Å². The van der Waals surface area contributed by atoms with E-state index in [2.05, 4.69) is 10.0 Å². The van der Waals surface area contributed by atoms with E-state index in [0.29, 0.717) is 18.2 Å². The van der Waals surface area contributed by atoms with Gasteiger partial charge in [0, 0.05) is 22.9 Å². The second kappa shape index (κ2) is 9.52. The Bertz CT molecular complexity index is 581. The Balaban J connectivity index is 1.52. The Kier molecular flexibility index (Phi) is 7.37. The van der Waals surface area contributed by atoms with Crippen molar-refractivity contribution < 1.29 is 14.3 Å². The lowest BCUT2D eigenvalue weighted by Gasteiger charge is -2.10. The van der Waals surface area contributed by atoms with Crippen LogP contribution in [-0.2, 0) is 9.53 Å². The molecule has 0 bridgehead atoms. The molecule has 1 aliphatic rings. The molecule has 1 heterocycles. The third-order valence-electron chi connectivity index (χ3n) is 4.06. The van der Waals surface area contributed by atoms with Crippen LogP contribution in [0.15, 0.2) is 29.4 Å². The second-order valence-electron chi connectivity index (χ2n) is 5.88.